The maximum absolute atomic E-state index is 13.3. The average molecular weight is 503 g/mol. The van der Waals surface area contributed by atoms with Gasteiger partial charge in [-0.25, -0.2) is 0 Å². The van der Waals surface area contributed by atoms with E-state index in [2.05, 4.69) is 11.9 Å². The molecule has 3 aromatic rings. The molecule has 0 bridgehead atoms. The van der Waals surface area contributed by atoms with Crippen molar-refractivity contribution in [1.29, 1.82) is 0 Å². The van der Waals surface area contributed by atoms with Gasteiger partial charge in [0, 0.05) is 24.5 Å². The number of ketones is 1. The summed E-state index contributed by atoms with van der Waals surface area (Å²) in [5.41, 5.74) is 1.56. The topological polar surface area (TPSA) is 109 Å². The van der Waals surface area contributed by atoms with Gasteiger partial charge in [0.15, 0.2) is 11.5 Å². The molecule has 0 aliphatic carbocycles. The molecule has 1 amide bonds. The fourth-order valence-electron chi connectivity index (χ4n) is 4.27. The van der Waals surface area contributed by atoms with Crippen molar-refractivity contribution in [3.8, 4) is 17.2 Å². The summed E-state index contributed by atoms with van der Waals surface area (Å²) < 4.78 is 11.3. The predicted molar refractivity (Wildman–Crippen MR) is 138 cm³/mol. The molecule has 0 radical (unpaired) electrons. The zero-order chi connectivity index (χ0) is 26.4. The van der Waals surface area contributed by atoms with Crippen LogP contribution in [0.2, 0.25) is 0 Å². The Kier molecular flexibility index (Phi) is 8.08. The third kappa shape index (κ3) is 5.58. The number of aliphatic hydroxyl groups excluding tert-OH is 1. The number of carbonyl (C=O) groups is 2. The molecule has 8 nitrogen and oxygen atoms in total. The molecule has 8 heteroatoms. The number of nitrogens with zero attached hydrogens (tertiary/aromatic N) is 2. The van der Waals surface area contributed by atoms with Crippen molar-refractivity contribution in [2.45, 2.75) is 39.3 Å². The molecule has 1 aromatic heterocycles. The van der Waals surface area contributed by atoms with Crippen molar-refractivity contribution in [2.24, 2.45) is 0 Å². The smallest absolute Gasteiger partial charge is 0.295 e. The van der Waals surface area contributed by atoms with Crippen molar-refractivity contribution in [1.82, 2.24) is 9.88 Å². The number of carbonyl (C=O) groups excluding carboxylic acids is 2. The third-order valence-electron chi connectivity index (χ3n) is 6.09. The number of hydrogen-bond donors (Lipinski definition) is 2. The van der Waals surface area contributed by atoms with Crippen LogP contribution in [0.5, 0.6) is 17.2 Å². The molecule has 0 spiro atoms. The fraction of sp³-hybridized carbons (Fsp3) is 0.276. The van der Waals surface area contributed by atoms with Gasteiger partial charge in [0.1, 0.15) is 11.5 Å². The van der Waals surface area contributed by atoms with Gasteiger partial charge < -0.3 is 24.6 Å². The van der Waals surface area contributed by atoms with E-state index in [1.54, 1.807) is 61.8 Å². The highest BCUT2D eigenvalue weighted by atomic mass is 16.5. The van der Waals surface area contributed by atoms with Gasteiger partial charge in [-0.15, -0.1) is 0 Å². The first-order valence-corrected chi connectivity index (χ1v) is 12.3. The zero-order valence-electron chi connectivity index (χ0n) is 20.9. The minimum atomic E-state index is -0.912. The third-order valence-corrected chi connectivity index (χ3v) is 6.09. The molecule has 1 aliphatic heterocycles. The molecule has 37 heavy (non-hydrogen) atoms. The number of aromatic hydroxyl groups is 1. The molecule has 0 saturated carbocycles. The summed E-state index contributed by atoms with van der Waals surface area (Å²) >= 11 is 0. The SMILES string of the molecule is CCCCOc1cccc(/C(O)=C2\C(=O)C(=O)N(Cc3cccnc3)C2c2ccc(O)c(OCC)c2)c1. The fourth-order valence-corrected chi connectivity index (χ4v) is 4.27. The lowest BCUT2D eigenvalue weighted by atomic mass is 9.94. The number of likely N-dealkylation sites (tertiary alicyclic amines) is 1. The van der Waals surface area contributed by atoms with Crippen molar-refractivity contribution >= 4 is 17.4 Å². The number of amides is 1. The quantitative estimate of drug-likeness (QED) is 0.174. The number of rotatable bonds is 10. The second-order valence-electron chi connectivity index (χ2n) is 8.68. The molecular weight excluding hydrogens is 472 g/mol. The standard InChI is InChI=1S/C29H30N2O6/c1-3-5-14-37-22-10-6-9-21(15-22)27(33)25-26(20-11-12-23(32)24(16-20)36-4-2)31(29(35)28(25)34)18-19-8-7-13-30-17-19/h6-13,15-17,26,32-33H,3-5,14,18H2,1-2H3/b27-25+. The van der Waals surface area contributed by atoms with E-state index in [1.807, 2.05) is 6.07 Å². The molecule has 192 valence electrons. The van der Waals surface area contributed by atoms with E-state index in [4.69, 9.17) is 9.47 Å². The number of Topliss-reactive ketones (excluding diaryl/α,β-unsaturated/α-hetero) is 1. The summed E-state index contributed by atoms with van der Waals surface area (Å²) in [6.45, 7) is 4.80. The molecule has 1 saturated heterocycles. The number of aromatic nitrogens is 1. The second-order valence-corrected chi connectivity index (χ2v) is 8.68. The highest BCUT2D eigenvalue weighted by Crippen LogP contribution is 2.42. The Labute approximate surface area is 215 Å². The molecule has 1 atom stereocenters. The average Bonchev–Trinajstić information content (AvgIpc) is 3.15. The van der Waals surface area contributed by atoms with Gasteiger partial charge in [-0.2, -0.15) is 0 Å². The first-order chi connectivity index (χ1) is 17.9. The van der Waals surface area contributed by atoms with Crippen molar-refractivity contribution in [3.63, 3.8) is 0 Å². The van der Waals surface area contributed by atoms with E-state index in [9.17, 15) is 19.8 Å². The largest absolute Gasteiger partial charge is 0.507 e. The van der Waals surface area contributed by atoms with E-state index in [0.717, 1.165) is 18.4 Å². The Balaban J connectivity index is 1.82. The van der Waals surface area contributed by atoms with Crippen molar-refractivity contribution in [2.75, 3.05) is 13.2 Å². The van der Waals surface area contributed by atoms with Crippen LogP contribution in [0.1, 0.15) is 49.4 Å². The van der Waals surface area contributed by atoms with Crippen LogP contribution < -0.4 is 9.47 Å². The Bertz CT molecular complexity index is 1300. The summed E-state index contributed by atoms with van der Waals surface area (Å²) in [7, 11) is 0. The molecular formula is C29H30N2O6. The van der Waals surface area contributed by atoms with Crippen molar-refractivity contribution < 1.29 is 29.3 Å². The van der Waals surface area contributed by atoms with Crippen molar-refractivity contribution in [3.05, 3.63) is 89.3 Å². The number of pyridine rings is 1. The van der Waals surface area contributed by atoms with Gasteiger partial charge >= 0.3 is 0 Å². The minimum Gasteiger partial charge on any atom is -0.507 e. The van der Waals surface area contributed by atoms with Crippen LogP contribution in [-0.4, -0.2) is 45.0 Å². The lowest BCUT2D eigenvalue weighted by molar-refractivity contribution is -0.140. The van der Waals surface area contributed by atoms with Gasteiger partial charge in [0.05, 0.1) is 24.8 Å². The van der Waals surface area contributed by atoms with Gasteiger partial charge in [0.2, 0.25) is 0 Å². The molecule has 2 heterocycles. The highest BCUT2D eigenvalue weighted by molar-refractivity contribution is 6.46. The first-order valence-electron chi connectivity index (χ1n) is 12.3. The van der Waals surface area contributed by atoms with Crippen LogP contribution in [-0.2, 0) is 16.1 Å². The first kappa shape index (κ1) is 25.8. The van der Waals surface area contributed by atoms with Crippen LogP contribution in [0, 0.1) is 0 Å². The number of phenolic OH excluding ortho intramolecular Hbond substituents is 1. The normalized spacial score (nSPS) is 16.7. The number of ether oxygens (including phenoxy) is 2. The van der Waals surface area contributed by atoms with E-state index in [1.165, 1.54) is 11.0 Å². The van der Waals surface area contributed by atoms with Crippen LogP contribution in [0.3, 0.4) is 0 Å². The van der Waals surface area contributed by atoms with E-state index < -0.39 is 17.7 Å². The summed E-state index contributed by atoms with van der Waals surface area (Å²) in [6.07, 6.45) is 5.12. The lowest BCUT2D eigenvalue weighted by Gasteiger charge is -2.26. The maximum atomic E-state index is 13.3. The lowest BCUT2D eigenvalue weighted by Crippen LogP contribution is -2.29. The van der Waals surface area contributed by atoms with Crippen LogP contribution in [0.25, 0.3) is 5.76 Å². The summed E-state index contributed by atoms with van der Waals surface area (Å²) in [4.78, 5) is 32.1. The Morgan fingerprint density at radius 3 is 2.62 bits per heavy atom. The molecule has 1 unspecified atom stereocenters. The highest BCUT2D eigenvalue weighted by Gasteiger charge is 2.46. The van der Waals surface area contributed by atoms with E-state index in [0.29, 0.717) is 30.1 Å². The Hall–Kier alpha value is -4.33. The van der Waals surface area contributed by atoms with Crippen LogP contribution in [0.4, 0.5) is 0 Å². The van der Waals surface area contributed by atoms with E-state index in [-0.39, 0.29) is 29.4 Å². The maximum Gasteiger partial charge on any atom is 0.295 e. The minimum absolute atomic E-state index is 0.0484. The molecule has 4 rings (SSSR count). The van der Waals surface area contributed by atoms with Gasteiger partial charge in [0.25, 0.3) is 11.7 Å². The number of unbranched alkanes of at least 4 members (excludes halogenated alkanes) is 1. The molecule has 1 fully saturated rings. The molecule has 1 aliphatic rings. The van der Waals surface area contributed by atoms with Gasteiger partial charge in [-0.3, -0.25) is 14.6 Å². The number of aliphatic hydroxyl groups is 1. The molecule has 2 N–H and O–H groups in total. The Morgan fingerprint density at radius 1 is 1.05 bits per heavy atom. The monoisotopic (exact) mass is 502 g/mol. The summed E-state index contributed by atoms with van der Waals surface area (Å²) in [6, 6.07) is 14.1. The number of phenols is 1. The van der Waals surface area contributed by atoms with Gasteiger partial charge in [-0.1, -0.05) is 37.6 Å². The van der Waals surface area contributed by atoms with E-state index >= 15 is 0 Å². The number of benzene rings is 2. The summed E-state index contributed by atoms with van der Waals surface area (Å²) in [5, 5.41) is 21.6. The van der Waals surface area contributed by atoms with Crippen LogP contribution in [0.15, 0.2) is 72.6 Å². The zero-order valence-corrected chi connectivity index (χ0v) is 20.9. The Morgan fingerprint density at radius 2 is 1.89 bits per heavy atom. The number of hydrogen-bond acceptors (Lipinski definition) is 7. The van der Waals surface area contributed by atoms with Gasteiger partial charge in [-0.05, 0) is 54.8 Å². The second kappa shape index (κ2) is 11.6. The molecule has 2 aromatic carbocycles. The predicted octanol–water partition coefficient (Wildman–Crippen LogP) is 4.99. The van der Waals surface area contributed by atoms with Crippen LogP contribution >= 0.6 is 0 Å². The summed E-state index contributed by atoms with van der Waals surface area (Å²) in [5.74, 6) is -1.12.